The first kappa shape index (κ1) is 11.5. The third kappa shape index (κ3) is 2.78. The summed E-state index contributed by atoms with van der Waals surface area (Å²) in [6.07, 6.45) is 2.17. The van der Waals surface area contributed by atoms with Crippen molar-refractivity contribution in [2.45, 2.75) is 12.8 Å². The lowest BCUT2D eigenvalue weighted by Gasteiger charge is -2.04. The molecule has 86 valence electrons. The highest BCUT2D eigenvalue weighted by atomic mass is 19.1. The van der Waals surface area contributed by atoms with Crippen molar-refractivity contribution in [3.05, 3.63) is 59.9 Å². The van der Waals surface area contributed by atoms with Gasteiger partial charge in [-0.25, -0.2) is 4.39 Å². The van der Waals surface area contributed by atoms with Gasteiger partial charge >= 0.3 is 0 Å². The van der Waals surface area contributed by atoms with Crippen LogP contribution in [-0.4, -0.2) is 6.29 Å². The molecule has 2 aromatic carbocycles. The first-order valence-electron chi connectivity index (χ1n) is 5.59. The summed E-state index contributed by atoms with van der Waals surface area (Å²) in [5.74, 6) is -0.215. The molecule has 0 N–H and O–H groups in total. The largest absolute Gasteiger partial charge is 0.303 e. The van der Waals surface area contributed by atoms with Gasteiger partial charge in [-0.3, -0.25) is 0 Å². The Labute approximate surface area is 99.9 Å². The van der Waals surface area contributed by atoms with Crippen LogP contribution in [0.15, 0.2) is 48.5 Å². The van der Waals surface area contributed by atoms with Crippen LogP contribution in [-0.2, 0) is 11.2 Å². The number of hydrogen-bond acceptors (Lipinski definition) is 1. The molecule has 17 heavy (non-hydrogen) atoms. The van der Waals surface area contributed by atoms with Crippen molar-refractivity contribution in [3.8, 4) is 11.1 Å². The summed E-state index contributed by atoms with van der Waals surface area (Å²) < 4.78 is 13.5. The molecule has 0 saturated heterocycles. The summed E-state index contributed by atoms with van der Waals surface area (Å²) in [6, 6.07) is 14.4. The van der Waals surface area contributed by atoms with Gasteiger partial charge in [-0.1, -0.05) is 42.5 Å². The zero-order valence-electron chi connectivity index (χ0n) is 9.40. The monoisotopic (exact) mass is 228 g/mol. The van der Waals surface area contributed by atoms with Crippen LogP contribution in [0.3, 0.4) is 0 Å². The van der Waals surface area contributed by atoms with Crippen LogP contribution in [0, 0.1) is 5.82 Å². The van der Waals surface area contributed by atoms with Crippen molar-refractivity contribution in [3.63, 3.8) is 0 Å². The van der Waals surface area contributed by atoms with Gasteiger partial charge in [0.15, 0.2) is 0 Å². The number of rotatable bonds is 4. The van der Waals surface area contributed by atoms with Crippen LogP contribution in [0.25, 0.3) is 11.1 Å². The highest BCUT2D eigenvalue weighted by molar-refractivity contribution is 5.64. The van der Waals surface area contributed by atoms with E-state index >= 15 is 0 Å². The average Bonchev–Trinajstić information content (AvgIpc) is 2.38. The Balaban J connectivity index is 2.23. The minimum absolute atomic E-state index is 0.215. The predicted octanol–water partition coefficient (Wildman–Crippen LogP) is 3.62. The lowest BCUT2D eigenvalue weighted by atomic mass is 10.0. The third-order valence-electron chi connectivity index (χ3n) is 2.69. The first-order chi connectivity index (χ1) is 8.31. The molecule has 0 spiro atoms. The zero-order valence-corrected chi connectivity index (χ0v) is 9.40. The lowest BCUT2D eigenvalue weighted by Crippen LogP contribution is -1.87. The second kappa shape index (κ2) is 5.39. The van der Waals surface area contributed by atoms with E-state index < -0.39 is 0 Å². The second-order valence-corrected chi connectivity index (χ2v) is 3.88. The van der Waals surface area contributed by atoms with Crippen LogP contribution >= 0.6 is 0 Å². The van der Waals surface area contributed by atoms with Gasteiger partial charge in [-0.15, -0.1) is 0 Å². The molecule has 0 radical (unpaired) electrons. The smallest absolute Gasteiger partial charge is 0.131 e. The molecule has 0 atom stereocenters. The van der Waals surface area contributed by atoms with Gasteiger partial charge in [0.05, 0.1) is 0 Å². The van der Waals surface area contributed by atoms with Crippen molar-refractivity contribution in [2.24, 2.45) is 0 Å². The van der Waals surface area contributed by atoms with E-state index in [0.29, 0.717) is 12.0 Å². The summed E-state index contributed by atoms with van der Waals surface area (Å²) in [4.78, 5) is 10.3. The highest BCUT2D eigenvalue weighted by Gasteiger charge is 2.03. The van der Waals surface area contributed by atoms with Crippen LogP contribution in [0.2, 0.25) is 0 Å². The van der Waals surface area contributed by atoms with Gasteiger partial charge in [-0.05, 0) is 23.6 Å². The van der Waals surface area contributed by atoms with Crippen molar-refractivity contribution in [2.75, 3.05) is 0 Å². The molecule has 1 nitrogen and oxygen atoms in total. The molecule has 0 bridgehead atoms. The number of carbonyl (C=O) groups is 1. The van der Waals surface area contributed by atoms with E-state index in [1.165, 1.54) is 6.07 Å². The van der Waals surface area contributed by atoms with Crippen LogP contribution < -0.4 is 0 Å². The van der Waals surface area contributed by atoms with Gasteiger partial charge in [0.25, 0.3) is 0 Å². The molecule has 0 saturated carbocycles. The number of hydrogen-bond donors (Lipinski definition) is 0. The Kier molecular flexibility index (Phi) is 3.66. The number of halogens is 1. The molecule has 0 aromatic heterocycles. The molecule has 0 unspecified atom stereocenters. The topological polar surface area (TPSA) is 17.1 Å². The molecule has 0 heterocycles. The summed E-state index contributed by atoms with van der Waals surface area (Å²) in [7, 11) is 0. The van der Waals surface area contributed by atoms with Gasteiger partial charge in [0.2, 0.25) is 0 Å². The van der Waals surface area contributed by atoms with Crippen molar-refractivity contribution in [1.82, 2.24) is 0 Å². The minimum Gasteiger partial charge on any atom is -0.303 e. The predicted molar refractivity (Wildman–Crippen MR) is 66.2 cm³/mol. The molecule has 0 amide bonds. The van der Waals surface area contributed by atoms with E-state index in [0.717, 1.165) is 23.8 Å². The van der Waals surface area contributed by atoms with Crippen molar-refractivity contribution in [1.29, 1.82) is 0 Å². The van der Waals surface area contributed by atoms with Crippen molar-refractivity contribution >= 4 is 6.29 Å². The quantitative estimate of drug-likeness (QED) is 0.730. The van der Waals surface area contributed by atoms with Gasteiger partial charge in [0.1, 0.15) is 12.1 Å². The van der Waals surface area contributed by atoms with E-state index in [2.05, 4.69) is 0 Å². The number of carbonyl (C=O) groups excluding carboxylic acids is 1. The Hall–Kier alpha value is -1.96. The SMILES string of the molecule is O=CCCc1ccc(-c2ccccc2F)cc1. The number of benzene rings is 2. The number of aldehydes is 1. The molecule has 2 rings (SSSR count). The molecule has 2 heteroatoms. The van der Waals surface area contributed by atoms with Crippen LogP contribution in [0.5, 0.6) is 0 Å². The lowest BCUT2D eigenvalue weighted by molar-refractivity contribution is -0.107. The molecule has 0 aliphatic heterocycles. The fourth-order valence-corrected chi connectivity index (χ4v) is 1.77. The van der Waals surface area contributed by atoms with Crippen LogP contribution in [0.4, 0.5) is 4.39 Å². The Morgan fingerprint density at radius 3 is 2.35 bits per heavy atom. The zero-order chi connectivity index (χ0) is 12.1. The standard InChI is InChI=1S/C15H13FO/c16-15-6-2-1-5-14(15)13-9-7-12(8-10-13)4-3-11-17/h1-2,5-11H,3-4H2. The fourth-order valence-electron chi connectivity index (χ4n) is 1.77. The number of aryl methyl sites for hydroxylation is 1. The summed E-state index contributed by atoms with van der Waals surface area (Å²) in [5.41, 5.74) is 2.56. The van der Waals surface area contributed by atoms with Gasteiger partial charge in [-0.2, -0.15) is 0 Å². The maximum Gasteiger partial charge on any atom is 0.131 e. The van der Waals surface area contributed by atoms with Gasteiger partial charge in [0, 0.05) is 12.0 Å². The van der Waals surface area contributed by atoms with Crippen molar-refractivity contribution < 1.29 is 9.18 Å². The molecular weight excluding hydrogens is 215 g/mol. The molecule has 2 aromatic rings. The summed E-state index contributed by atoms with van der Waals surface area (Å²) in [5, 5.41) is 0. The molecular formula is C15H13FO. The fraction of sp³-hybridized carbons (Fsp3) is 0.133. The molecule has 0 fully saturated rings. The van der Waals surface area contributed by atoms with E-state index in [1.807, 2.05) is 30.3 Å². The molecule has 0 aliphatic carbocycles. The molecule has 0 aliphatic rings. The first-order valence-corrected chi connectivity index (χ1v) is 5.59. The Morgan fingerprint density at radius 2 is 1.71 bits per heavy atom. The van der Waals surface area contributed by atoms with E-state index in [9.17, 15) is 9.18 Å². The third-order valence-corrected chi connectivity index (χ3v) is 2.69. The minimum atomic E-state index is -0.215. The maximum absolute atomic E-state index is 13.5. The highest BCUT2D eigenvalue weighted by Crippen LogP contribution is 2.22. The second-order valence-electron chi connectivity index (χ2n) is 3.88. The summed E-state index contributed by atoms with van der Waals surface area (Å²) in [6.45, 7) is 0. The average molecular weight is 228 g/mol. The maximum atomic E-state index is 13.5. The Bertz CT molecular complexity index is 503. The van der Waals surface area contributed by atoms with E-state index in [4.69, 9.17) is 0 Å². The Morgan fingerprint density at radius 1 is 1.00 bits per heavy atom. The van der Waals surface area contributed by atoms with E-state index in [1.54, 1.807) is 12.1 Å². The van der Waals surface area contributed by atoms with E-state index in [-0.39, 0.29) is 5.82 Å². The van der Waals surface area contributed by atoms with Gasteiger partial charge < -0.3 is 4.79 Å². The normalized spacial score (nSPS) is 10.2. The van der Waals surface area contributed by atoms with Crippen LogP contribution in [0.1, 0.15) is 12.0 Å². The summed E-state index contributed by atoms with van der Waals surface area (Å²) >= 11 is 0.